The first-order valence-corrected chi connectivity index (χ1v) is 7.17. The van der Waals surface area contributed by atoms with Crippen molar-refractivity contribution in [1.82, 2.24) is 0 Å². The van der Waals surface area contributed by atoms with Gasteiger partial charge in [0.25, 0.3) is 0 Å². The van der Waals surface area contributed by atoms with Crippen LogP contribution < -0.4 is 10.6 Å². The van der Waals surface area contributed by atoms with Crippen molar-refractivity contribution in [3.05, 3.63) is 22.2 Å². The number of nitrogen functional groups attached to an aromatic ring is 1. The fourth-order valence-corrected chi connectivity index (χ4v) is 3.35. The van der Waals surface area contributed by atoms with Crippen LogP contribution in [0.5, 0.6) is 0 Å². The van der Waals surface area contributed by atoms with Gasteiger partial charge in [0.1, 0.15) is 6.07 Å². The van der Waals surface area contributed by atoms with Crippen LogP contribution in [0.15, 0.2) is 16.6 Å². The molecule has 0 bridgehead atoms. The molecule has 0 aromatic heterocycles. The molecule has 3 rings (SSSR count). The van der Waals surface area contributed by atoms with Gasteiger partial charge in [-0.3, -0.25) is 0 Å². The Morgan fingerprint density at radius 2 is 1.89 bits per heavy atom. The topological polar surface area (TPSA) is 53.1 Å². The molecule has 18 heavy (non-hydrogen) atoms. The number of nitriles is 1. The molecule has 2 fully saturated rings. The number of benzene rings is 1. The van der Waals surface area contributed by atoms with Crippen LogP contribution in [0.1, 0.15) is 31.2 Å². The van der Waals surface area contributed by atoms with E-state index in [2.05, 4.69) is 26.9 Å². The van der Waals surface area contributed by atoms with E-state index in [-0.39, 0.29) is 0 Å². The second-order valence-corrected chi connectivity index (χ2v) is 6.40. The van der Waals surface area contributed by atoms with Gasteiger partial charge in [-0.05, 0) is 43.2 Å². The summed E-state index contributed by atoms with van der Waals surface area (Å²) in [5.41, 5.74) is 8.74. The van der Waals surface area contributed by atoms with Crippen LogP contribution in [0.3, 0.4) is 0 Å². The fraction of sp³-hybridized carbons (Fsp3) is 0.500. The molecule has 2 N–H and O–H groups in total. The zero-order valence-corrected chi connectivity index (χ0v) is 11.8. The lowest BCUT2D eigenvalue weighted by Crippen LogP contribution is -2.35. The number of rotatable bonds is 1. The molecule has 1 aromatic carbocycles. The van der Waals surface area contributed by atoms with Crippen LogP contribution in [0.25, 0.3) is 0 Å². The zero-order chi connectivity index (χ0) is 12.8. The van der Waals surface area contributed by atoms with Gasteiger partial charge in [-0.25, -0.2) is 0 Å². The molecule has 1 heterocycles. The smallest absolute Gasteiger partial charge is 0.104 e. The summed E-state index contributed by atoms with van der Waals surface area (Å²) in [7, 11) is 0. The van der Waals surface area contributed by atoms with Crippen molar-refractivity contribution in [2.24, 2.45) is 5.41 Å². The van der Waals surface area contributed by atoms with E-state index in [9.17, 15) is 5.26 Å². The molecule has 0 atom stereocenters. The molecule has 1 saturated heterocycles. The molecular formula is C14H16BrN3. The lowest BCUT2D eigenvalue weighted by molar-refractivity contribution is 0.384. The zero-order valence-electron chi connectivity index (χ0n) is 10.2. The van der Waals surface area contributed by atoms with Gasteiger partial charge in [-0.15, -0.1) is 0 Å². The Morgan fingerprint density at radius 1 is 1.22 bits per heavy atom. The van der Waals surface area contributed by atoms with Crippen LogP contribution in [0, 0.1) is 16.7 Å². The summed E-state index contributed by atoms with van der Waals surface area (Å²) >= 11 is 3.46. The second-order valence-electron chi connectivity index (χ2n) is 5.49. The molecule has 0 radical (unpaired) electrons. The molecule has 3 nitrogen and oxygen atoms in total. The minimum absolute atomic E-state index is 0.564. The first-order chi connectivity index (χ1) is 8.63. The number of nitrogens with two attached hydrogens (primary N) is 1. The monoisotopic (exact) mass is 305 g/mol. The van der Waals surface area contributed by atoms with Gasteiger partial charge in [0.15, 0.2) is 0 Å². The third kappa shape index (κ3) is 1.97. The summed E-state index contributed by atoms with van der Waals surface area (Å²) in [4.78, 5) is 2.31. The Morgan fingerprint density at radius 3 is 2.44 bits per heavy atom. The largest absolute Gasteiger partial charge is 0.398 e. The van der Waals surface area contributed by atoms with E-state index < -0.39 is 0 Å². The summed E-state index contributed by atoms with van der Waals surface area (Å²) in [5, 5.41) is 9.26. The van der Waals surface area contributed by atoms with Crippen molar-refractivity contribution >= 4 is 27.3 Å². The molecule has 0 unspecified atom stereocenters. The highest BCUT2D eigenvalue weighted by Gasteiger charge is 2.44. The van der Waals surface area contributed by atoms with Crippen molar-refractivity contribution in [3.8, 4) is 6.07 Å². The van der Waals surface area contributed by atoms with E-state index in [4.69, 9.17) is 5.73 Å². The van der Waals surface area contributed by atoms with E-state index in [1.54, 1.807) is 6.07 Å². The average Bonchev–Trinajstić information content (AvgIpc) is 3.09. The van der Waals surface area contributed by atoms with Gasteiger partial charge < -0.3 is 10.6 Å². The van der Waals surface area contributed by atoms with Gasteiger partial charge in [0.2, 0.25) is 0 Å². The molecule has 94 valence electrons. The maximum absolute atomic E-state index is 9.26. The summed E-state index contributed by atoms with van der Waals surface area (Å²) in [6, 6.07) is 6.05. The molecule has 1 saturated carbocycles. The molecule has 1 spiro atoms. The Bertz CT molecular complexity index is 519. The lowest BCUT2D eigenvalue weighted by atomic mass is 9.93. The Kier molecular flexibility index (Phi) is 2.74. The highest BCUT2D eigenvalue weighted by molar-refractivity contribution is 9.10. The van der Waals surface area contributed by atoms with Crippen LogP contribution >= 0.6 is 15.9 Å². The maximum atomic E-state index is 9.26. The van der Waals surface area contributed by atoms with Crippen LogP contribution in [-0.4, -0.2) is 13.1 Å². The van der Waals surface area contributed by atoms with Crippen LogP contribution in [0.4, 0.5) is 11.4 Å². The summed E-state index contributed by atoms with van der Waals surface area (Å²) in [6.45, 7) is 2.09. The number of hydrogen-bond acceptors (Lipinski definition) is 3. The summed E-state index contributed by atoms with van der Waals surface area (Å²) in [6.07, 6.45) is 5.30. The molecule has 1 aliphatic carbocycles. The predicted octanol–water partition coefficient (Wildman–Crippen LogP) is 3.28. The summed E-state index contributed by atoms with van der Waals surface area (Å²) < 4.78 is 0.945. The van der Waals surface area contributed by atoms with Gasteiger partial charge in [0.05, 0.1) is 16.9 Å². The van der Waals surface area contributed by atoms with Gasteiger partial charge in [-0.1, -0.05) is 15.9 Å². The molecule has 4 heteroatoms. The minimum atomic E-state index is 0.564. The predicted molar refractivity (Wildman–Crippen MR) is 76.4 cm³/mol. The van der Waals surface area contributed by atoms with E-state index in [1.165, 1.54) is 25.7 Å². The third-order valence-corrected chi connectivity index (χ3v) is 4.80. The van der Waals surface area contributed by atoms with Crippen molar-refractivity contribution in [2.75, 3.05) is 23.7 Å². The number of anilines is 2. The molecule has 1 aliphatic heterocycles. The van der Waals surface area contributed by atoms with Crippen LogP contribution in [-0.2, 0) is 0 Å². The first kappa shape index (κ1) is 11.9. The quantitative estimate of drug-likeness (QED) is 0.810. The maximum Gasteiger partial charge on any atom is 0.104 e. The summed E-state index contributed by atoms with van der Waals surface area (Å²) in [5.74, 6) is 0. The molecule has 1 aromatic rings. The van der Waals surface area contributed by atoms with Gasteiger partial charge >= 0.3 is 0 Å². The van der Waals surface area contributed by atoms with E-state index in [1.807, 2.05) is 6.07 Å². The van der Waals surface area contributed by atoms with E-state index >= 15 is 0 Å². The molecular weight excluding hydrogens is 290 g/mol. The number of nitrogens with zero attached hydrogens (tertiary/aromatic N) is 2. The number of hydrogen-bond donors (Lipinski definition) is 1. The Balaban J connectivity index is 1.90. The van der Waals surface area contributed by atoms with Crippen molar-refractivity contribution < 1.29 is 0 Å². The average molecular weight is 306 g/mol. The van der Waals surface area contributed by atoms with E-state index in [0.29, 0.717) is 16.7 Å². The van der Waals surface area contributed by atoms with Gasteiger partial charge in [-0.2, -0.15) is 5.26 Å². The normalized spacial score (nSPS) is 20.8. The first-order valence-electron chi connectivity index (χ1n) is 6.38. The van der Waals surface area contributed by atoms with Gasteiger partial charge in [0, 0.05) is 17.6 Å². The lowest BCUT2D eigenvalue weighted by Gasteiger charge is -2.34. The second kappa shape index (κ2) is 4.17. The van der Waals surface area contributed by atoms with Crippen molar-refractivity contribution in [3.63, 3.8) is 0 Å². The Labute approximate surface area is 116 Å². The Hall–Kier alpha value is -1.21. The standard InChI is InChI=1S/C14H16BrN3/c15-10-7-12(17)11(9-16)13(8-10)18-5-3-14(1-2-14)4-6-18/h7-8H,1-6,17H2. The fourth-order valence-electron chi connectivity index (χ4n) is 2.88. The highest BCUT2D eigenvalue weighted by atomic mass is 79.9. The van der Waals surface area contributed by atoms with Crippen molar-refractivity contribution in [1.29, 1.82) is 5.26 Å². The minimum Gasteiger partial charge on any atom is -0.398 e. The molecule has 2 aliphatic rings. The van der Waals surface area contributed by atoms with Crippen molar-refractivity contribution in [2.45, 2.75) is 25.7 Å². The molecule has 0 amide bonds. The third-order valence-electron chi connectivity index (χ3n) is 4.35. The van der Waals surface area contributed by atoms with E-state index in [0.717, 1.165) is 23.2 Å². The number of halogens is 1. The highest BCUT2D eigenvalue weighted by Crippen LogP contribution is 2.54. The SMILES string of the molecule is N#Cc1c(N)cc(Br)cc1N1CCC2(CC1)CC2. The van der Waals surface area contributed by atoms with Crippen LogP contribution in [0.2, 0.25) is 0 Å². The number of piperidine rings is 1.